The molecule has 0 unspecified atom stereocenters. The number of hydrogen-bond donors (Lipinski definition) is 3. The first-order chi connectivity index (χ1) is 30.6. The molecule has 11 heteroatoms. The van der Waals surface area contributed by atoms with Gasteiger partial charge in [0, 0.05) is 46.1 Å². The fourth-order valence-corrected chi connectivity index (χ4v) is 7.60. The first-order valence-electron chi connectivity index (χ1n) is 21.1. The number of anilines is 1. The Labute approximate surface area is 379 Å². The number of ketones is 1. The summed E-state index contributed by atoms with van der Waals surface area (Å²) in [6, 6.07) is 38.5. The quantitative estimate of drug-likeness (QED) is 0.0374. The number of hydrogen-bond acceptors (Lipinski definition) is 7. The van der Waals surface area contributed by atoms with Crippen molar-refractivity contribution >= 4 is 29.0 Å². The summed E-state index contributed by atoms with van der Waals surface area (Å²) in [6.07, 6.45) is -1.62. The third kappa shape index (κ3) is 12.0. The van der Waals surface area contributed by atoms with Crippen molar-refractivity contribution in [3.05, 3.63) is 191 Å². The summed E-state index contributed by atoms with van der Waals surface area (Å²) in [5.74, 6) is 0.0894. The Hall–Kier alpha value is -6.46. The van der Waals surface area contributed by atoms with E-state index >= 15 is 0 Å². The van der Waals surface area contributed by atoms with Gasteiger partial charge in [-0.05, 0) is 129 Å². The van der Waals surface area contributed by atoms with Crippen LogP contribution in [0.1, 0.15) is 84.8 Å². The molecule has 0 aliphatic carbocycles. The van der Waals surface area contributed by atoms with Crippen LogP contribution in [0.25, 0.3) is 22.4 Å². The highest BCUT2D eigenvalue weighted by atomic mass is 35.5. The minimum absolute atomic E-state index is 0.0258. The summed E-state index contributed by atoms with van der Waals surface area (Å²) in [6.45, 7) is 15.6. The molecule has 0 bridgehead atoms. The average Bonchev–Trinajstić information content (AvgIpc) is 3.62. The van der Waals surface area contributed by atoms with Gasteiger partial charge in [-0.3, -0.25) is 9.59 Å². The average molecular weight is 885 g/mol. The topological polar surface area (TPSA) is 119 Å². The van der Waals surface area contributed by atoms with Crippen LogP contribution in [-0.2, 0) is 16.0 Å². The number of amides is 1. The van der Waals surface area contributed by atoms with Crippen molar-refractivity contribution in [2.24, 2.45) is 0 Å². The minimum Gasteiger partial charge on any atom is -0.480 e. The fraction of sp³-hybridized carbons (Fsp3) is 0.245. The van der Waals surface area contributed by atoms with E-state index in [0.29, 0.717) is 50.8 Å². The highest BCUT2D eigenvalue weighted by molar-refractivity contribution is 6.30. The minimum atomic E-state index is -0.988. The molecule has 0 fully saturated rings. The fourth-order valence-electron chi connectivity index (χ4n) is 7.47. The zero-order chi connectivity index (χ0) is 46.0. The summed E-state index contributed by atoms with van der Waals surface area (Å²) < 4.78 is 33.9. The maximum Gasteiger partial charge on any atom is 0.258 e. The Morgan fingerprint density at radius 2 is 1.38 bits per heavy atom. The summed E-state index contributed by atoms with van der Waals surface area (Å²) in [5.41, 5.74) is 4.88. The smallest absolute Gasteiger partial charge is 0.258 e. The van der Waals surface area contributed by atoms with Crippen LogP contribution in [0.15, 0.2) is 158 Å². The molecule has 5 aromatic carbocycles. The van der Waals surface area contributed by atoms with E-state index in [0.717, 1.165) is 17.0 Å². The van der Waals surface area contributed by atoms with Crippen molar-refractivity contribution in [3.8, 4) is 28.1 Å². The molecule has 6 rings (SSSR count). The summed E-state index contributed by atoms with van der Waals surface area (Å²) in [4.78, 5) is 27.2. The maximum absolute atomic E-state index is 14.4. The number of aromatic nitrogens is 1. The van der Waals surface area contributed by atoms with Gasteiger partial charge >= 0.3 is 0 Å². The van der Waals surface area contributed by atoms with Crippen LogP contribution >= 0.6 is 11.6 Å². The van der Waals surface area contributed by atoms with E-state index in [1.165, 1.54) is 12.1 Å². The lowest BCUT2D eigenvalue weighted by molar-refractivity contribution is -0.0332. The Balaban J connectivity index is 1.08. The highest BCUT2D eigenvalue weighted by Gasteiger charge is 2.31. The zero-order valence-electron chi connectivity index (χ0n) is 36.5. The number of ether oxygens (including phenoxy) is 3. The van der Waals surface area contributed by atoms with Crippen LogP contribution in [-0.4, -0.2) is 51.1 Å². The van der Waals surface area contributed by atoms with Gasteiger partial charge in [0.1, 0.15) is 17.3 Å². The van der Waals surface area contributed by atoms with Crippen molar-refractivity contribution in [1.82, 2.24) is 4.57 Å². The number of aliphatic hydroxyl groups excluding tert-OH is 2. The SMILES string of the molecule is C=C(C[C@H](O)C[C@H](O)CCn1c(-c2ccc(F)cc2)c(-c2ccccc2)c(C(=O)Nc2ccccc2)c1C(C)C)OCOC(=C)C(C)(C)Oc1ccc(C(=O)c2ccc(Cl)cc2)cc1. The van der Waals surface area contributed by atoms with E-state index < -0.39 is 17.8 Å². The molecule has 1 heterocycles. The van der Waals surface area contributed by atoms with Crippen molar-refractivity contribution in [2.45, 2.75) is 77.2 Å². The van der Waals surface area contributed by atoms with Crippen LogP contribution in [0.3, 0.4) is 0 Å². The van der Waals surface area contributed by atoms with Crippen LogP contribution in [0.5, 0.6) is 5.75 Å². The molecule has 64 heavy (non-hydrogen) atoms. The lowest BCUT2D eigenvalue weighted by Gasteiger charge is -2.28. The van der Waals surface area contributed by atoms with Gasteiger partial charge in [-0.25, -0.2) is 4.39 Å². The predicted octanol–water partition coefficient (Wildman–Crippen LogP) is 12.0. The molecule has 9 nitrogen and oxygen atoms in total. The van der Waals surface area contributed by atoms with Crippen LogP contribution in [0, 0.1) is 5.82 Å². The standard InChI is InChI=1S/C53H54ClFN2O7/c1-34(2)49-48(52(61)56-43-15-11-8-12-16-43)47(37-13-9-7-10-14-37)50(38-19-25-42(55)26-20-38)57(49)30-29-44(58)32-45(59)31-35(3)62-33-63-36(4)53(5,6)64-46-27-21-40(22-28-46)51(60)39-17-23-41(54)24-18-39/h7-28,34,44-45,58-59H,3-4,29-33H2,1-2,5-6H3,(H,56,61)/t44-,45+/m1/s1. The highest BCUT2D eigenvalue weighted by Crippen LogP contribution is 2.43. The number of aliphatic hydroxyl groups is 2. The van der Waals surface area contributed by atoms with Gasteiger partial charge in [-0.15, -0.1) is 0 Å². The number of nitrogens with zero attached hydrogens (tertiary/aromatic N) is 1. The molecule has 3 N–H and O–H groups in total. The number of rotatable bonds is 21. The van der Waals surface area contributed by atoms with Gasteiger partial charge in [0.2, 0.25) is 6.79 Å². The van der Waals surface area contributed by atoms with E-state index in [9.17, 15) is 24.2 Å². The third-order valence-electron chi connectivity index (χ3n) is 10.7. The van der Waals surface area contributed by atoms with Crippen molar-refractivity contribution < 1.29 is 38.4 Å². The Kier molecular flexibility index (Phi) is 15.6. The van der Waals surface area contributed by atoms with Crippen molar-refractivity contribution in [1.29, 1.82) is 0 Å². The van der Waals surface area contributed by atoms with Crippen LogP contribution in [0.2, 0.25) is 5.02 Å². The maximum atomic E-state index is 14.4. The molecular formula is C53H54ClFN2O7. The van der Waals surface area contributed by atoms with Gasteiger partial charge in [0.25, 0.3) is 5.91 Å². The van der Waals surface area contributed by atoms with Gasteiger partial charge in [-0.1, -0.05) is 87.1 Å². The van der Waals surface area contributed by atoms with E-state index in [-0.39, 0.29) is 61.0 Å². The lowest BCUT2D eigenvalue weighted by Crippen LogP contribution is -2.32. The first-order valence-corrected chi connectivity index (χ1v) is 21.5. The second-order valence-corrected chi connectivity index (χ2v) is 16.8. The van der Waals surface area contributed by atoms with Gasteiger partial charge < -0.3 is 34.3 Å². The zero-order valence-corrected chi connectivity index (χ0v) is 37.3. The molecule has 2 atom stereocenters. The molecule has 0 aliphatic rings. The van der Waals surface area contributed by atoms with E-state index in [2.05, 4.69) is 18.5 Å². The second-order valence-electron chi connectivity index (χ2n) is 16.4. The molecule has 6 aromatic rings. The number of para-hydroxylation sites is 1. The molecule has 0 saturated heterocycles. The van der Waals surface area contributed by atoms with Crippen LogP contribution < -0.4 is 10.1 Å². The Morgan fingerprint density at radius 3 is 1.98 bits per heavy atom. The summed E-state index contributed by atoms with van der Waals surface area (Å²) in [7, 11) is 0. The third-order valence-corrected chi connectivity index (χ3v) is 11.0. The van der Waals surface area contributed by atoms with Crippen LogP contribution in [0.4, 0.5) is 10.1 Å². The number of carbonyl (C=O) groups is 2. The summed E-state index contributed by atoms with van der Waals surface area (Å²) >= 11 is 5.96. The molecule has 0 spiro atoms. The molecule has 1 aromatic heterocycles. The Bertz CT molecular complexity index is 2540. The Morgan fingerprint density at radius 1 is 0.781 bits per heavy atom. The molecule has 0 radical (unpaired) electrons. The molecule has 332 valence electrons. The second kappa shape index (κ2) is 21.3. The first kappa shape index (κ1) is 47.0. The largest absolute Gasteiger partial charge is 0.480 e. The number of benzene rings is 5. The number of halogens is 2. The van der Waals surface area contributed by atoms with E-state index in [4.69, 9.17) is 25.8 Å². The lowest BCUT2D eigenvalue weighted by atomic mass is 9.94. The normalized spacial score (nSPS) is 12.3. The molecule has 0 aliphatic heterocycles. The molecule has 1 amide bonds. The van der Waals surface area contributed by atoms with Gasteiger partial charge in [0.15, 0.2) is 11.4 Å². The van der Waals surface area contributed by atoms with E-state index in [1.807, 2.05) is 79.1 Å². The van der Waals surface area contributed by atoms with E-state index in [1.54, 1.807) is 74.5 Å². The monoisotopic (exact) mass is 884 g/mol. The van der Waals surface area contributed by atoms with Crippen molar-refractivity contribution in [2.75, 3.05) is 12.1 Å². The van der Waals surface area contributed by atoms with Gasteiger partial charge in [-0.2, -0.15) is 0 Å². The molecular weight excluding hydrogens is 831 g/mol. The van der Waals surface area contributed by atoms with Crippen molar-refractivity contribution in [3.63, 3.8) is 0 Å². The molecule has 0 saturated carbocycles. The summed E-state index contributed by atoms with van der Waals surface area (Å²) in [5, 5.41) is 26.0. The van der Waals surface area contributed by atoms with Gasteiger partial charge in [0.05, 0.1) is 29.2 Å². The predicted molar refractivity (Wildman–Crippen MR) is 251 cm³/mol. The number of nitrogens with one attached hydrogen (secondary N) is 1. The number of carbonyl (C=O) groups excluding carboxylic acids is 2.